The summed E-state index contributed by atoms with van der Waals surface area (Å²) in [5.41, 5.74) is 1.47. The number of fused-ring (bicyclic) bond motifs is 1. The van der Waals surface area contributed by atoms with E-state index in [1.165, 1.54) is 10.8 Å². The third kappa shape index (κ3) is 2.27. The van der Waals surface area contributed by atoms with Crippen LogP contribution in [0.3, 0.4) is 0 Å². The van der Waals surface area contributed by atoms with Crippen molar-refractivity contribution < 1.29 is 9.31 Å². The van der Waals surface area contributed by atoms with E-state index >= 15 is 0 Å². The fraction of sp³-hybridized carbons (Fsp3) is 0.471. The third-order valence-corrected chi connectivity index (χ3v) is 4.75. The van der Waals surface area contributed by atoms with Crippen LogP contribution in [-0.4, -0.2) is 23.3 Å². The largest absolute Gasteiger partial charge is 0.497 e. The van der Waals surface area contributed by atoms with Crippen LogP contribution in [0.15, 0.2) is 30.5 Å². The number of aryl methyl sites for hydroxylation is 1. The molecule has 21 heavy (non-hydrogen) atoms. The molecule has 0 spiro atoms. The Bertz CT molecular complexity index is 666. The van der Waals surface area contributed by atoms with E-state index in [-0.39, 0.29) is 18.3 Å². The SMILES string of the molecule is CCc1ncc(B2OC(C)(C)C(C)(C)O2)c2ccccc12. The molecule has 1 fully saturated rings. The smallest absolute Gasteiger partial charge is 0.399 e. The molecule has 0 bridgehead atoms. The minimum Gasteiger partial charge on any atom is -0.399 e. The summed E-state index contributed by atoms with van der Waals surface area (Å²) in [5.74, 6) is 0. The maximum atomic E-state index is 6.17. The molecule has 1 aliphatic rings. The van der Waals surface area contributed by atoms with Crippen LogP contribution in [0.2, 0.25) is 0 Å². The minimum atomic E-state index is -0.363. The van der Waals surface area contributed by atoms with Crippen molar-refractivity contribution in [3.8, 4) is 0 Å². The molecule has 0 N–H and O–H groups in total. The number of rotatable bonds is 2. The third-order valence-electron chi connectivity index (χ3n) is 4.75. The number of nitrogens with zero attached hydrogens (tertiary/aromatic N) is 1. The molecule has 0 aliphatic carbocycles. The highest BCUT2D eigenvalue weighted by atomic mass is 16.7. The van der Waals surface area contributed by atoms with Gasteiger partial charge in [0.05, 0.1) is 11.2 Å². The lowest BCUT2D eigenvalue weighted by molar-refractivity contribution is 0.00578. The van der Waals surface area contributed by atoms with Crippen molar-refractivity contribution in [1.82, 2.24) is 4.98 Å². The van der Waals surface area contributed by atoms with E-state index < -0.39 is 0 Å². The molecule has 0 amide bonds. The van der Waals surface area contributed by atoms with Gasteiger partial charge in [0.1, 0.15) is 0 Å². The molecule has 0 saturated carbocycles. The van der Waals surface area contributed by atoms with Crippen LogP contribution in [-0.2, 0) is 15.7 Å². The van der Waals surface area contributed by atoms with E-state index in [1.807, 2.05) is 6.20 Å². The van der Waals surface area contributed by atoms with Crippen LogP contribution in [0.25, 0.3) is 10.8 Å². The van der Waals surface area contributed by atoms with Gasteiger partial charge in [-0.3, -0.25) is 4.98 Å². The van der Waals surface area contributed by atoms with Crippen molar-refractivity contribution in [2.45, 2.75) is 52.2 Å². The van der Waals surface area contributed by atoms with Gasteiger partial charge in [-0.2, -0.15) is 0 Å². The highest BCUT2D eigenvalue weighted by molar-refractivity contribution is 6.65. The standard InChI is InChI=1S/C17H22BNO2/c1-6-15-13-10-8-7-9-12(13)14(11-19-15)18-20-16(2,3)17(4,5)21-18/h7-11H,6H2,1-5H3. The molecule has 1 aromatic heterocycles. The van der Waals surface area contributed by atoms with Gasteiger partial charge in [-0.05, 0) is 39.5 Å². The summed E-state index contributed by atoms with van der Waals surface area (Å²) < 4.78 is 12.3. The van der Waals surface area contributed by atoms with Crippen LogP contribution in [0.4, 0.5) is 0 Å². The zero-order valence-electron chi connectivity index (χ0n) is 13.4. The van der Waals surface area contributed by atoms with Crippen LogP contribution in [0.5, 0.6) is 0 Å². The first-order valence-electron chi connectivity index (χ1n) is 7.58. The van der Waals surface area contributed by atoms with Crippen molar-refractivity contribution in [1.29, 1.82) is 0 Å². The molecule has 110 valence electrons. The first kappa shape index (κ1) is 14.5. The van der Waals surface area contributed by atoms with Gasteiger partial charge in [0.2, 0.25) is 0 Å². The number of pyridine rings is 1. The molecular weight excluding hydrogens is 261 g/mol. The summed E-state index contributed by atoms with van der Waals surface area (Å²) in [4.78, 5) is 4.61. The molecule has 3 rings (SSSR count). The number of hydrogen-bond acceptors (Lipinski definition) is 3. The lowest BCUT2D eigenvalue weighted by atomic mass is 9.77. The normalized spacial score (nSPS) is 20.1. The Balaban J connectivity index is 2.11. The van der Waals surface area contributed by atoms with E-state index in [2.05, 4.69) is 63.9 Å². The minimum absolute atomic E-state index is 0.331. The lowest BCUT2D eigenvalue weighted by Crippen LogP contribution is -2.41. The van der Waals surface area contributed by atoms with Gasteiger partial charge in [-0.15, -0.1) is 0 Å². The van der Waals surface area contributed by atoms with Crippen LogP contribution < -0.4 is 5.46 Å². The van der Waals surface area contributed by atoms with Crippen molar-refractivity contribution in [3.05, 3.63) is 36.2 Å². The topological polar surface area (TPSA) is 31.4 Å². The Morgan fingerprint density at radius 1 is 1.00 bits per heavy atom. The predicted molar refractivity (Wildman–Crippen MR) is 86.8 cm³/mol. The fourth-order valence-electron chi connectivity index (χ4n) is 2.71. The Morgan fingerprint density at radius 3 is 2.14 bits per heavy atom. The second-order valence-electron chi connectivity index (χ2n) is 6.65. The summed E-state index contributed by atoms with van der Waals surface area (Å²) in [6, 6.07) is 8.35. The molecule has 1 saturated heterocycles. The zero-order valence-corrected chi connectivity index (χ0v) is 13.4. The average molecular weight is 283 g/mol. The van der Waals surface area contributed by atoms with Crippen LogP contribution in [0.1, 0.15) is 40.3 Å². The number of benzene rings is 1. The molecular formula is C17H22BNO2. The van der Waals surface area contributed by atoms with E-state index in [1.54, 1.807) is 0 Å². The highest BCUT2D eigenvalue weighted by Gasteiger charge is 2.52. The number of aromatic nitrogens is 1. The van der Waals surface area contributed by atoms with E-state index in [9.17, 15) is 0 Å². The second kappa shape index (κ2) is 4.82. The summed E-state index contributed by atoms with van der Waals surface area (Å²) in [6.07, 6.45) is 2.83. The molecule has 1 aliphatic heterocycles. The first-order chi connectivity index (χ1) is 9.86. The molecule has 2 aromatic rings. The van der Waals surface area contributed by atoms with Gasteiger partial charge in [0.15, 0.2) is 0 Å². The van der Waals surface area contributed by atoms with Gasteiger partial charge in [-0.1, -0.05) is 31.2 Å². The molecule has 3 nitrogen and oxygen atoms in total. The Morgan fingerprint density at radius 2 is 1.57 bits per heavy atom. The fourth-order valence-corrected chi connectivity index (χ4v) is 2.71. The number of hydrogen-bond donors (Lipinski definition) is 0. The van der Waals surface area contributed by atoms with Crippen molar-refractivity contribution in [3.63, 3.8) is 0 Å². The molecule has 1 aromatic carbocycles. The quantitative estimate of drug-likeness (QED) is 0.794. The molecule has 4 heteroatoms. The van der Waals surface area contributed by atoms with Gasteiger partial charge < -0.3 is 9.31 Å². The Labute approximate surface area is 126 Å². The second-order valence-corrected chi connectivity index (χ2v) is 6.65. The lowest BCUT2D eigenvalue weighted by Gasteiger charge is -2.32. The van der Waals surface area contributed by atoms with Crippen molar-refractivity contribution >= 4 is 23.4 Å². The average Bonchev–Trinajstić information content (AvgIpc) is 2.66. The van der Waals surface area contributed by atoms with Crippen LogP contribution in [0, 0.1) is 0 Å². The van der Waals surface area contributed by atoms with Gasteiger partial charge in [-0.25, -0.2) is 0 Å². The van der Waals surface area contributed by atoms with Gasteiger partial charge in [0, 0.05) is 22.7 Å². The summed E-state index contributed by atoms with van der Waals surface area (Å²) in [7, 11) is -0.363. The summed E-state index contributed by atoms with van der Waals surface area (Å²) in [6.45, 7) is 10.4. The molecule has 0 unspecified atom stereocenters. The summed E-state index contributed by atoms with van der Waals surface area (Å²) >= 11 is 0. The van der Waals surface area contributed by atoms with E-state index in [0.29, 0.717) is 0 Å². The van der Waals surface area contributed by atoms with E-state index in [0.717, 1.165) is 17.6 Å². The van der Waals surface area contributed by atoms with Crippen molar-refractivity contribution in [2.24, 2.45) is 0 Å². The predicted octanol–water partition coefficient (Wildman–Crippen LogP) is 3.10. The highest BCUT2D eigenvalue weighted by Crippen LogP contribution is 2.37. The van der Waals surface area contributed by atoms with Gasteiger partial charge >= 0.3 is 7.12 Å². The Hall–Kier alpha value is -1.39. The van der Waals surface area contributed by atoms with Crippen LogP contribution >= 0.6 is 0 Å². The maximum Gasteiger partial charge on any atom is 0.497 e. The maximum absolute atomic E-state index is 6.17. The zero-order chi connectivity index (χ0) is 15.3. The Kier molecular flexibility index (Phi) is 3.34. The summed E-state index contributed by atoms with van der Waals surface area (Å²) in [5, 5.41) is 2.36. The van der Waals surface area contributed by atoms with E-state index in [4.69, 9.17) is 9.31 Å². The van der Waals surface area contributed by atoms with Crippen molar-refractivity contribution in [2.75, 3.05) is 0 Å². The first-order valence-corrected chi connectivity index (χ1v) is 7.58. The molecule has 0 radical (unpaired) electrons. The molecule has 0 atom stereocenters. The van der Waals surface area contributed by atoms with Gasteiger partial charge in [0.25, 0.3) is 0 Å². The molecule has 2 heterocycles. The monoisotopic (exact) mass is 283 g/mol.